The summed E-state index contributed by atoms with van der Waals surface area (Å²) in [4.78, 5) is -1.51. The maximum Gasteiger partial charge on any atom is 0.457 e. The second-order valence-corrected chi connectivity index (χ2v) is 9.74. The van der Waals surface area contributed by atoms with E-state index < -0.39 is 104 Å². The van der Waals surface area contributed by atoms with Gasteiger partial charge in [0.1, 0.15) is 5.75 Å². The van der Waals surface area contributed by atoms with Crippen molar-refractivity contribution in [3.05, 3.63) is 35.9 Å². The molecular weight excluding hydrogens is 749 g/mol. The Hall–Kier alpha value is -2.94. The van der Waals surface area contributed by atoms with Crippen molar-refractivity contribution in [1.82, 2.24) is 0 Å². The molecule has 1 aromatic carbocycles. The van der Waals surface area contributed by atoms with Gasteiger partial charge in [0.05, 0.1) is 10.5 Å². The number of allylic oxidation sites excluding steroid dienone is 1. The standard InChI is InChI=1S/C18H5F23O4S/c19-8(45-5-1-3-6(4-2-5)46(42,43)44)7(10(20,15(30,31)32)13(25,26)18(39,40)41)9(14(27,28)29,11(21,22)16(33,34)35)12(23,24)17(36,37)38/h1-4H,(H,42,43,44)/b8-7+. The molecular formula is C18H5F23O4S. The lowest BCUT2D eigenvalue weighted by Crippen LogP contribution is -2.77. The summed E-state index contributed by atoms with van der Waals surface area (Å²) in [6.07, 6.45) is -44.7. The van der Waals surface area contributed by atoms with Gasteiger partial charge in [-0.3, -0.25) is 4.55 Å². The summed E-state index contributed by atoms with van der Waals surface area (Å²) in [6, 6.07) is -6.97. The highest BCUT2D eigenvalue weighted by atomic mass is 32.2. The monoisotopic (exact) mass is 754 g/mol. The van der Waals surface area contributed by atoms with Gasteiger partial charge in [-0.2, -0.15) is 105 Å². The van der Waals surface area contributed by atoms with E-state index in [9.17, 15) is 101 Å². The van der Waals surface area contributed by atoms with Crippen molar-refractivity contribution in [3.8, 4) is 5.75 Å². The molecule has 1 atom stereocenters. The molecule has 0 radical (unpaired) electrons. The second-order valence-electron chi connectivity index (χ2n) is 8.32. The Balaban J connectivity index is 5.01. The van der Waals surface area contributed by atoms with Crippen molar-refractivity contribution in [3.63, 3.8) is 0 Å². The van der Waals surface area contributed by atoms with Gasteiger partial charge in [0.2, 0.25) is 5.41 Å². The van der Waals surface area contributed by atoms with E-state index in [0.717, 1.165) is 0 Å². The van der Waals surface area contributed by atoms with E-state index >= 15 is 8.78 Å². The topological polar surface area (TPSA) is 63.6 Å². The molecule has 0 spiro atoms. The predicted octanol–water partition coefficient (Wildman–Crippen LogP) is 8.91. The molecule has 1 N–H and O–H groups in total. The molecule has 28 heteroatoms. The van der Waals surface area contributed by atoms with Crippen LogP contribution < -0.4 is 4.74 Å². The molecule has 0 bridgehead atoms. The molecule has 1 unspecified atom stereocenters. The van der Waals surface area contributed by atoms with E-state index in [2.05, 4.69) is 4.74 Å². The fraction of sp³-hybridized carbons (Fsp3) is 0.556. The van der Waals surface area contributed by atoms with E-state index in [4.69, 9.17) is 4.55 Å². The molecule has 0 amide bonds. The number of rotatable bonds is 8. The predicted molar refractivity (Wildman–Crippen MR) is 96.4 cm³/mol. The van der Waals surface area contributed by atoms with Gasteiger partial charge in [0, 0.05) is 0 Å². The molecule has 46 heavy (non-hydrogen) atoms. The minimum Gasteiger partial charge on any atom is -0.432 e. The molecule has 0 aliphatic heterocycles. The summed E-state index contributed by atoms with van der Waals surface area (Å²) in [6.45, 7) is 0. The van der Waals surface area contributed by atoms with Crippen LogP contribution in [0.15, 0.2) is 40.7 Å². The van der Waals surface area contributed by atoms with Crippen molar-refractivity contribution < 1.29 is 119 Å². The Morgan fingerprint density at radius 3 is 1.09 bits per heavy atom. The maximum atomic E-state index is 15.3. The van der Waals surface area contributed by atoms with Gasteiger partial charge in [-0.05, 0) is 24.3 Å². The number of benzene rings is 1. The van der Waals surface area contributed by atoms with Crippen LogP contribution in [0.25, 0.3) is 0 Å². The maximum absolute atomic E-state index is 15.3. The number of alkyl halides is 22. The van der Waals surface area contributed by atoms with Crippen molar-refractivity contribution in [2.24, 2.45) is 5.41 Å². The molecule has 0 fully saturated rings. The van der Waals surface area contributed by atoms with E-state index in [1.807, 2.05) is 0 Å². The second kappa shape index (κ2) is 11.1. The number of hydrogen-bond acceptors (Lipinski definition) is 3. The molecule has 0 aliphatic carbocycles. The quantitative estimate of drug-likeness (QED) is 0.164. The van der Waals surface area contributed by atoms with Gasteiger partial charge in [-0.15, -0.1) is 0 Å². The van der Waals surface area contributed by atoms with Crippen LogP contribution >= 0.6 is 0 Å². The SMILES string of the molecule is O=S(=O)(O)c1ccc(O/C(F)=C(/C(F)(C(F)(F)F)C(F)(F)C(F)(F)F)C(C(F)(F)F)(C(F)(F)C(F)(F)F)C(F)(F)C(F)(F)F)cc1. The Morgan fingerprint density at radius 1 is 0.522 bits per heavy atom. The van der Waals surface area contributed by atoms with E-state index in [-0.39, 0.29) is 12.1 Å². The minimum atomic E-state index is -9.83. The Morgan fingerprint density at radius 2 is 0.848 bits per heavy atom. The van der Waals surface area contributed by atoms with Crippen LogP contribution in [-0.2, 0) is 10.1 Å². The van der Waals surface area contributed by atoms with E-state index in [1.54, 1.807) is 0 Å². The first-order valence-electron chi connectivity index (χ1n) is 10.0. The van der Waals surface area contributed by atoms with Gasteiger partial charge in [0.25, 0.3) is 16.1 Å². The average Bonchev–Trinajstić information content (AvgIpc) is 2.77. The first kappa shape index (κ1) is 41.1. The van der Waals surface area contributed by atoms with E-state index in [1.165, 1.54) is 0 Å². The molecule has 0 aromatic heterocycles. The van der Waals surface area contributed by atoms with Crippen molar-refractivity contribution in [2.75, 3.05) is 0 Å². The molecule has 268 valence electrons. The molecule has 1 aromatic rings. The molecule has 0 heterocycles. The summed E-state index contributed by atoms with van der Waals surface area (Å²) in [5, 5.41) is 0. The van der Waals surface area contributed by atoms with Crippen LogP contribution in [0.5, 0.6) is 5.75 Å². The van der Waals surface area contributed by atoms with Crippen molar-refractivity contribution in [2.45, 2.75) is 59.2 Å². The fourth-order valence-corrected chi connectivity index (χ4v) is 3.96. The highest BCUT2D eigenvalue weighted by molar-refractivity contribution is 7.85. The lowest BCUT2D eigenvalue weighted by Gasteiger charge is -2.51. The lowest BCUT2D eigenvalue weighted by molar-refractivity contribution is -0.462. The Labute approximate surface area is 236 Å². The average molecular weight is 754 g/mol. The molecule has 0 saturated heterocycles. The third kappa shape index (κ3) is 5.97. The lowest BCUT2D eigenvalue weighted by atomic mass is 9.61. The fourth-order valence-electron chi connectivity index (χ4n) is 3.48. The first-order valence-corrected chi connectivity index (χ1v) is 11.5. The summed E-state index contributed by atoms with van der Waals surface area (Å²) in [5.74, 6) is -30.6. The largest absolute Gasteiger partial charge is 0.457 e. The van der Waals surface area contributed by atoms with Crippen LogP contribution in [0.2, 0.25) is 0 Å². The van der Waals surface area contributed by atoms with Gasteiger partial charge < -0.3 is 4.74 Å². The molecule has 0 saturated carbocycles. The van der Waals surface area contributed by atoms with Crippen molar-refractivity contribution >= 4 is 10.1 Å². The third-order valence-corrected chi connectivity index (χ3v) is 6.37. The van der Waals surface area contributed by atoms with E-state index in [0.29, 0.717) is 0 Å². The van der Waals surface area contributed by atoms with Gasteiger partial charge in [-0.25, -0.2) is 4.39 Å². The highest BCUT2D eigenvalue weighted by Gasteiger charge is 2.99. The van der Waals surface area contributed by atoms with Crippen LogP contribution in [0.3, 0.4) is 0 Å². The van der Waals surface area contributed by atoms with Gasteiger partial charge >= 0.3 is 54.3 Å². The number of hydrogen-bond donors (Lipinski definition) is 1. The smallest absolute Gasteiger partial charge is 0.432 e. The van der Waals surface area contributed by atoms with Crippen LogP contribution in [0.4, 0.5) is 101 Å². The number of ether oxygens (including phenoxy) is 1. The highest BCUT2D eigenvalue weighted by Crippen LogP contribution is 2.74. The Kier molecular flexibility index (Phi) is 9.88. The summed E-state index contributed by atoms with van der Waals surface area (Å²) in [7, 11) is -5.45. The summed E-state index contributed by atoms with van der Waals surface area (Å²) < 4.78 is 351. The molecule has 1 rings (SSSR count). The third-order valence-electron chi connectivity index (χ3n) is 5.50. The zero-order valence-electron chi connectivity index (χ0n) is 20.1. The molecule has 0 aliphatic rings. The van der Waals surface area contributed by atoms with Crippen molar-refractivity contribution in [1.29, 1.82) is 0 Å². The first-order chi connectivity index (χ1) is 19.7. The van der Waals surface area contributed by atoms with Crippen LogP contribution in [0.1, 0.15) is 0 Å². The normalized spacial score (nSPS) is 17.4. The zero-order chi connectivity index (χ0) is 37.3. The minimum absolute atomic E-state index is 0.278. The number of halogens is 23. The van der Waals surface area contributed by atoms with Crippen LogP contribution in [-0.4, -0.2) is 67.3 Å². The zero-order valence-corrected chi connectivity index (χ0v) is 20.9. The van der Waals surface area contributed by atoms with Gasteiger partial charge in [-0.1, -0.05) is 0 Å². The van der Waals surface area contributed by atoms with Crippen LogP contribution in [0, 0.1) is 5.41 Å². The summed E-state index contributed by atoms with van der Waals surface area (Å²) >= 11 is 0. The Bertz CT molecular complexity index is 1380. The summed E-state index contributed by atoms with van der Waals surface area (Å²) in [5.41, 5.74) is -25.9. The van der Waals surface area contributed by atoms with Gasteiger partial charge in [0.15, 0.2) is 0 Å². The molecule has 4 nitrogen and oxygen atoms in total.